The van der Waals surface area contributed by atoms with Crippen LogP contribution in [0.4, 0.5) is 4.39 Å². The molecule has 2 aromatic rings. The van der Waals surface area contributed by atoms with E-state index >= 15 is 0 Å². The molecule has 0 saturated carbocycles. The second-order valence-electron chi connectivity index (χ2n) is 5.23. The second kappa shape index (κ2) is 8.48. The molecule has 1 amide bonds. The van der Waals surface area contributed by atoms with Gasteiger partial charge in [-0.05, 0) is 30.7 Å². The van der Waals surface area contributed by atoms with Gasteiger partial charge in [-0.1, -0.05) is 29.8 Å². The SMILES string of the molecule is COc1ccc(C(=O)OCC(=O)N[C@H](C)c2ccccc2Cl)c(F)c1. The Morgan fingerprint density at radius 2 is 1.96 bits per heavy atom. The number of ether oxygens (including phenoxy) is 2. The average Bonchev–Trinajstić information content (AvgIpc) is 2.59. The molecular weight excluding hydrogens is 349 g/mol. The molecule has 132 valence electrons. The Labute approximate surface area is 149 Å². The molecule has 1 atom stereocenters. The first-order chi connectivity index (χ1) is 11.9. The number of esters is 1. The minimum Gasteiger partial charge on any atom is -0.497 e. The normalized spacial score (nSPS) is 11.5. The third kappa shape index (κ3) is 4.93. The Morgan fingerprint density at radius 3 is 2.60 bits per heavy atom. The molecule has 0 aliphatic carbocycles. The molecule has 25 heavy (non-hydrogen) atoms. The summed E-state index contributed by atoms with van der Waals surface area (Å²) in [5.74, 6) is -1.95. The first-order valence-electron chi connectivity index (χ1n) is 7.47. The van der Waals surface area contributed by atoms with Crippen LogP contribution >= 0.6 is 11.6 Å². The monoisotopic (exact) mass is 365 g/mol. The Balaban J connectivity index is 1.91. The third-order valence-corrected chi connectivity index (χ3v) is 3.82. The smallest absolute Gasteiger partial charge is 0.341 e. The fourth-order valence-electron chi connectivity index (χ4n) is 2.18. The Kier molecular flexibility index (Phi) is 6.36. The van der Waals surface area contributed by atoms with Gasteiger partial charge in [-0.3, -0.25) is 4.79 Å². The molecule has 0 bridgehead atoms. The van der Waals surface area contributed by atoms with Crippen molar-refractivity contribution in [1.82, 2.24) is 5.32 Å². The van der Waals surface area contributed by atoms with Gasteiger partial charge in [0.05, 0.1) is 18.7 Å². The predicted molar refractivity (Wildman–Crippen MR) is 91.2 cm³/mol. The Hall–Kier alpha value is -2.60. The van der Waals surface area contributed by atoms with Crippen molar-refractivity contribution in [2.24, 2.45) is 0 Å². The lowest BCUT2D eigenvalue weighted by atomic mass is 10.1. The molecule has 0 unspecified atom stereocenters. The summed E-state index contributed by atoms with van der Waals surface area (Å²) in [5, 5.41) is 3.18. The van der Waals surface area contributed by atoms with Crippen LogP contribution in [0.15, 0.2) is 42.5 Å². The van der Waals surface area contributed by atoms with E-state index in [2.05, 4.69) is 5.32 Å². The van der Waals surface area contributed by atoms with E-state index in [1.165, 1.54) is 19.2 Å². The van der Waals surface area contributed by atoms with Gasteiger partial charge < -0.3 is 14.8 Å². The summed E-state index contributed by atoms with van der Waals surface area (Å²) >= 11 is 6.06. The van der Waals surface area contributed by atoms with Crippen molar-refractivity contribution in [3.8, 4) is 5.75 Å². The van der Waals surface area contributed by atoms with E-state index < -0.39 is 24.3 Å². The lowest BCUT2D eigenvalue weighted by molar-refractivity contribution is -0.124. The molecule has 0 aliphatic rings. The Morgan fingerprint density at radius 1 is 1.24 bits per heavy atom. The highest BCUT2D eigenvalue weighted by molar-refractivity contribution is 6.31. The number of rotatable bonds is 6. The summed E-state index contributed by atoms with van der Waals surface area (Å²) in [6.45, 7) is 1.23. The van der Waals surface area contributed by atoms with Crippen LogP contribution in [0, 0.1) is 5.82 Å². The van der Waals surface area contributed by atoms with E-state index in [9.17, 15) is 14.0 Å². The maximum atomic E-state index is 13.8. The van der Waals surface area contributed by atoms with Crippen molar-refractivity contribution in [1.29, 1.82) is 0 Å². The number of methoxy groups -OCH3 is 1. The van der Waals surface area contributed by atoms with Crippen LogP contribution in [0.2, 0.25) is 5.02 Å². The molecule has 0 spiro atoms. The van der Waals surface area contributed by atoms with Crippen LogP contribution in [0.25, 0.3) is 0 Å². The molecule has 0 aromatic heterocycles. The van der Waals surface area contributed by atoms with Crippen LogP contribution < -0.4 is 10.1 Å². The van der Waals surface area contributed by atoms with E-state index in [0.29, 0.717) is 5.02 Å². The number of hydrogen-bond acceptors (Lipinski definition) is 4. The van der Waals surface area contributed by atoms with Crippen molar-refractivity contribution in [3.63, 3.8) is 0 Å². The van der Waals surface area contributed by atoms with Gasteiger partial charge in [-0.2, -0.15) is 0 Å². The van der Waals surface area contributed by atoms with Crippen molar-refractivity contribution in [2.45, 2.75) is 13.0 Å². The summed E-state index contributed by atoms with van der Waals surface area (Å²) in [4.78, 5) is 23.8. The van der Waals surface area contributed by atoms with Crippen LogP contribution in [0.1, 0.15) is 28.9 Å². The molecule has 0 heterocycles. The third-order valence-electron chi connectivity index (χ3n) is 3.48. The minimum absolute atomic E-state index is 0.271. The molecular formula is C18H17ClFNO4. The van der Waals surface area contributed by atoms with E-state index in [1.807, 2.05) is 0 Å². The predicted octanol–water partition coefficient (Wildman–Crippen LogP) is 3.52. The zero-order valence-electron chi connectivity index (χ0n) is 13.7. The van der Waals surface area contributed by atoms with Gasteiger partial charge in [0.15, 0.2) is 6.61 Å². The van der Waals surface area contributed by atoms with Crippen LogP contribution in [-0.4, -0.2) is 25.6 Å². The van der Waals surface area contributed by atoms with Crippen molar-refractivity contribution < 1.29 is 23.5 Å². The summed E-state index contributed by atoms with van der Waals surface area (Å²) in [6, 6.07) is 10.5. The highest BCUT2D eigenvalue weighted by atomic mass is 35.5. The van der Waals surface area contributed by atoms with Gasteiger partial charge in [-0.25, -0.2) is 9.18 Å². The van der Waals surface area contributed by atoms with E-state index in [4.69, 9.17) is 21.1 Å². The zero-order chi connectivity index (χ0) is 18.4. The van der Waals surface area contributed by atoms with Crippen LogP contribution in [0.5, 0.6) is 5.75 Å². The molecule has 2 rings (SSSR count). The lowest BCUT2D eigenvalue weighted by Gasteiger charge is -2.15. The van der Waals surface area contributed by atoms with Gasteiger partial charge in [-0.15, -0.1) is 0 Å². The van der Waals surface area contributed by atoms with Gasteiger partial charge in [0.1, 0.15) is 11.6 Å². The molecule has 0 aliphatic heterocycles. The quantitative estimate of drug-likeness (QED) is 0.795. The largest absolute Gasteiger partial charge is 0.497 e. The fraction of sp³-hybridized carbons (Fsp3) is 0.222. The van der Waals surface area contributed by atoms with Gasteiger partial charge in [0.25, 0.3) is 5.91 Å². The van der Waals surface area contributed by atoms with Gasteiger partial charge in [0.2, 0.25) is 0 Å². The highest BCUT2D eigenvalue weighted by Gasteiger charge is 2.17. The van der Waals surface area contributed by atoms with E-state index in [0.717, 1.165) is 11.6 Å². The number of amides is 1. The lowest BCUT2D eigenvalue weighted by Crippen LogP contribution is -2.31. The summed E-state index contributed by atoms with van der Waals surface area (Å²) in [6.07, 6.45) is 0. The van der Waals surface area contributed by atoms with E-state index in [1.54, 1.807) is 31.2 Å². The number of carbonyl (C=O) groups is 2. The van der Waals surface area contributed by atoms with Crippen molar-refractivity contribution >= 4 is 23.5 Å². The number of halogens is 2. The Bertz CT molecular complexity index is 781. The van der Waals surface area contributed by atoms with Crippen molar-refractivity contribution in [3.05, 3.63) is 64.4 Å². The first-order valence-corrected chi connectivity index (χ1v) is 7.84. The molecule has 0 radical (unpaired) electrons. The van der Waals surface area contributed by atoms with E-state index in [-0.39, 0.29) is 17.4 Å². The number of benzene rings is 2. The maximum absolute atomic E-state index is 13.8. The topological polar surface area (TPSA) is 64.6 Å². The van der Waals surface area contributed by atoms with Crippen LogP contribution in [-0.2, 0) is 9.53 Å². The molecule has 0 fully saturated rings. The summed E-state index contributed by atoms with van der Waals surface area (Å²) in [7, 11) is 1.39. The molecule has 1 N–H and O–H groups in total. The fourth-order valence-corrected chi connectivity index (χ4v) is 2.48. The maximum Gasteiger partial charge on any atom is 0.341 e. The zero-order valence-corrected chi connectivity index (χ0v) is 14.5. The average molecular weight is 366 g/mol. The van der Waals surface area contributed by atoms with Crippen LogP contribution in [0.3, 0.4) is 0 Å². The molecule has 5 nitrogen and oxygen atoms in total. The number of hydrogen-bond donors (Lipinski definition) is 1. The summed E-state index contributed by atoms with van der Waals surface area (Å²) in [5.41, 5.74) is 0.470. The molecule has 0 saturated heterocycles. The minimum atomic E-state index is -0.930. The van der Waals surface area contributed by atoms with Gasteiger partial charge in [0, 0.05) is 11.1 Å². The number of carbonyl (C=O) groups excluding carboxylic acids is 2. The molecule has 2 aromatic carbocycles. The number of nitrogens with one attached hydrogen (secondary N) is 1. The van der Waals surface area contributed by atoms with Gasteiger partial charge >= 0.3 is 5.97 Å². The standard InChI is InChI=1S/C18H17ClFNO4/c1-11(13-5-3-4-6-15(13)19)21-17(22)10-25-18(23)14-8-7-12(24-2)9-16(14)20/h3-9,11H,10H2,1-2H3,(H,21,22)/t11-/m1/s1. The summed E-state index contributed by atoms with van der Waals surface area (Å²) < 4.78 is 23.5. The highest BCUT2D eigenvalue weighted by Crippen LogP contribution is 2.22. The van der Waals surface area contributed by atoms with Crippen molar-refractivity contribution in [2.75, 3.05) is 13.7 Å². The first kappa shape index (κ1) is 18.7. The molecule has 7 heteroatoms. The second-order valence-corrected chi connectivity index (χ2v) is 5.64.